The molecule has 0 saturated carbocycles. The second kappa shape index (κ2) is 39.7. The Labute approximate surface area is 689 Å². The van der Waals surface area contributed by atoms with Crippen LogP contribution >= 0.6 is 160 Å². The molecular formula is C88H102N4S14. The van der Waals surface area contributed by atoms with Crippen molar-refractivity contribution in [2.24, 2.45) is 9.98 Å². The minimum atomic E-state index is 0.395. The van der Waals surface area contributed by atoms with E-state index in [9.17, 15) is 0 Å². The predicted molar refractivity (Wildman–Crippen MR) is 499 cm³/mol. The van der Waals surface area contributed by atoms with Gasteiger partial charge < -0.3 is 0 Å². The summed E-state index contributed by atoms with van der Waals surface area (Å²) in [5.41, 5.74) is 8.71. The van der Waals surface area contributed by atoms with Crippen molar-refractivity contribution in [3.8, 4) is 79.4 Å². The van der Waals surface area contributed by atoms with Crippen molar-refractivity contribution >= 4 is 213 Å². The molecule has 0 spiro atoms. The van der Waals surface area contributed by atoms with Gasteiger partial charge in [-0.25, -0.2) is 9.98 Å². The molecule has 18 heteroatoms. The molecule has 0 amide bonds. The van der Waals surface area contributed by atoms with Crippen LogP contribution in [0.3, 0.4) is 0 Å². The summed E-state index contributed by atoms with van der Waals surface area (Å²) in [7, 11) is 0. The van der Waals surface area contributed by atoms with E-state index in [2.05, 4.69) is 162 Å². The van der Waals surface area contributed by atoms with Gasteiger partial charge in [0.1, 0.15) is 8.75 Å². The van der Waals surface area contributed by atoms with Gasteiger partial charge in [0.05, 0.1) is 9.81 Å². The topological polar surface area (TPSA) is 72.4 Å². The summed E-state index contributed by atoms with van der Waals surface area (Å²) in [6.07, 6.45) is 39.6. The Kier molecular flexibility index (Phi) is 30.1. The van der Waals surface area contributed by atoms with E-state index in [1.165, 1.54) is 295 Å². The number of fused-ring (bicyclic) bond motifs is 2. The molecule has 0 atom stereocenters. The zero-order valence-corrected chi connectivity index (χ0v) is 74.5. The van der Waals surface area contributed by atoms with Gasteiger partial charge in [0.15, 0.2) is 11.7 Å². The Bertz CT molecular complexity index is 4560. The number of unbranched alkanes of at least 4 members (excludes halogenated alkanes) is 20. The lowest BCUT2D eigenvalue weighted by atomic mass is 9.99. The number of rotatable bonds is 40. The van der Waals surface area contributed by atoms with E-state index < -0.39 is 0 Å². The average Bonchev–Trinajstić information content (AvgIpc) is 1.55. The van der Waals surface area contributed by atoms with E-state index in [4.69, 9.17) is 10.8 Å². The van der Waals surface area contributed by atoms with Gasteiger partial charge in [-0.2, -0.15) is 0 Å². The van der Waals surface area contributed by atoms with Gasteiger partial charge in [-0.15, -0.1) is 113 Å². The fourth-order valence-electron chi connectivity index (χ4n) is 14.4. The number of thiophene rings is 10. The zero-order chi connectivity index (χ0) is 73.5. The van der Waals surface area contributed by atoms with E-state index in [0.29, 0.717) is 11.7 Å². The van der Waals surface area contributed by atoms with Gasteiger partial charge in [-0.05, 0) is 196 Å². The molecule has 13 rings (SSSR count). The third kappa shape index (κ3) is 20.0. The van der Waals surface area contributed by atoms with Gasteiger partial charge in [0.25, 0.3) is 0 Å². The average molecular weight is 1660 g/mol. The number of hydrogen-bond donors (Lipinski definition) is 2. The molecule has 10 aromatic heterocycles. The molecule has 2 aliphatic heterocycles. The molecule has 0 fully saturated rings. The summed E-state index contributed by atoms with van der Waals surface area (Å²) in [6.45, 7) is 18.2. The first-order valence-corrected chi connectivity index (χ1v) is 51.0. The first-order chi connectivity index (χ1) is 51.9. The second-order valence-corrected chi connectivity index (χ2v) is 44.4. The molecule has 12 heterocycles. The molecule has 0 saturated heterocycles. The lowest BCUT2D eigenvalue weighted by Gasteiger charge is -2.09. The van der Waals surface area contributed by atoms with E-state index >= 15 is 0 Å². The number of benzene rings is 1. The highest BCUT2D eigenvalue weighted by Gasteiger charge is 2.29. The fourth-order valence-corrected chi connectivity index (χ4v) is 30.3. The van der Waals surface area contributed by atoms with Crippen LogP contribution in [-0.4, -0.2) is 31.9 Å². The Balaban J connectivity index is 0.883. The Morgan fingerprint density at radius 2 is 0.632 bits per heavy atom. The molecule has 0 bridgehead atoms. The molecule has 2 aliphatic rings. The van der Waals surface area contributed by atoms with E-state index in [0.717, 1.165) is 55.8 Å². The van der Waals surface area contributed by atoms with Crippen molar-refractivity contribution in [3.05, 3.63) is 137 Å². The van der Waals surface area contributed by atoms with Crippen LogP contribution in [0.25, 0.3) is 112 Å². The van der Waals surface area contributed by atoms with Crippen molar-refractivity contribution in [3.63, 3.8) is 0 Å². The number of hydrogen-bond acceptors (Lipinski definition) is 16. The maximum Gasteiger partial charge on any atom is 0.160 e. The largest absolute Gasteiger partial charge is 0.282 e. The van der Waals surface area contributed by atoms with Crippen LogP contribution in [0.5, 0.6) is 0 Å². The van der Waals surface area contributed by atoms with E-state index in [-0.39, 0.29) is 0 Å². The smallest absolute Gasteiger partial charge is 0.160 e. The molecule has 106 heavy (non-hydrogen) atoms. The first kappa shape index (κ1) is 80.4. The molecule has 558 valence electrons. The lowest BCUT2D eigenvalue weighted by Crippen LogP contribution is -1.87. The molecular weight excluding hydrogens is 1560 g/mol. The second-order valence-electron chi connectivity index (χ2n) is 28.2. The van der Waals surface area contributed by atoms with Crippen molar-refractivity contribution in [1.29, 1.82) is 10.8 Å². The summed E-state index contributed by atoms with van der Waals surface area (Å²) < 4.78 is 4.78. The highest BCUT2D eigenvalue weighted by Crippen LogP contribution is 2.57. The van der Waals surface area contributed by atoms with Crippen molar-refractivity contribution in [1.82, 2.24) is 0 Å². The predicted octanol–water partition coefficient (Wildman–Crippen LogP) is 34.5. The maximum atomic E-state index is 8.80. The summed E-state index contributed by atoms with van der Waals surface area (Å²) in [5, 5.41) is 20.4. The third-order valence-electron chi connectivity index (χ3n) is 19.8. The SMILES string of the molecule is CCCCCCCCc1cc(/C=C2\SC(SCC)=NC2=N)sc1-c1ccc(-c2sc(-c3cc4c(-c5ccc(C)s5)c5sc(-c6cc(CCCCCCCC)c(-c7ccc(-c8sc(/C=C9\SC(SCC)=NC9=N)cc8CCCCCCCC)s7)s6)cc5c(-c5ccc(C)s5)c4s3)cc2CCCCCCCC)s1. The quantitative estimate of drug-likeness (QED) is 0.0376. The van der Waals surface area contributed by atoms with Gasteiger partial charge in [-0.1, -0.05) is 217 Å². The van der Waals surface area contributed by atoms with Crippen LogP contribution < -0.4 is 0 Å². The minimum absolute atomic E-state index is 0.395. The van der Waals surface area contributed by atoms with E-state index in [1.54, 1.807) is 47.0 Å². The fraction of sp³-hybridized carbons (Fsp3) is 0.432. The summed E-state index contributed by atoms with van der Waals surface area (Å²) >= 11 is 26.6. The normalized spacial score (nSPS) is 14.2. The third-order valence-corrected chi connectivity index (χ3v) is 36.1. The van der Waals surface area contributed by atoms with Crippen LogP contribution in [-0.2, 0) is 25.7 Å². The molecule has 2 N–H and O–H groups in total. The van der Waals surface area contributed by atoms with Crippen LogP contribution in [0.1, 0.15) is 237 Å². The number of nitrogens with one attached hydrogen (secondary N) is 2. The zero-order valence-electron chi connectivity index (χ0n) is 63.1. The Morgan fingerprint density at radius 3 is 0.962 bits per heavy atom. The van der Waals surface area contributed by atoms with Crippen LogP contribution in [0, 0.1) is 24.7 Å². The summed E-state index contributed by atoms with van der Waals surface area (Å²) in [6, 6.07) is 34.6. The lowest BCUT2D eigenvalue weighted by molar-refractivity contribution is 0.608. The highest BCUT2D eigenvalue weighted by atomic mass is 32.2. The van der Waals surface area contributed by atoms with Gasteiger partial charge >= 0.3 is 0 Å². The molecule has 1 aromatic carbocycles. The molecule has 4 nitrogen and oxygen atoms in total. The van der Waals surface area contributed by atoms with Crippen molar-refractivity contribution < 1.29 is 0 Å². The number of aliphatic imine (C=N–C) groups is 2. The standard InChI is InChI=1S/C88H102N4S14/c1-9-15-19-23-27-31-35-57-47-61(51-75-85(89)91-87(105-75)93-13-5)97-79(57)67-43-45-69(99-67)81-59(37-33-29-25-21-17-11-3)49-71(101-81)73-53-63-77(65-41-39-55(7)95-65)84-64(78(83(63)103-73)66-42-40-56(8)96-66)54-74(104-84)72-50-60(38-34-30-26-22-18-12-4)82(102-72)70-46-44-68(100-70)80-58(36-32-28-24-20-16-10-2)48-62(98-80)52-76-86(90)92-88(106-76)94-14-6/h39-54,89-90H,9-38H2,1-8H3/b75-51-,76-52-,89-85?,90-86?. The van der Waals surface area contributed by atoms with Gasteiger partial charge in [0.2, 0.25) is 0 Å². The molecule has 0 aliphatic carbocycles. The summed E-state index contributed by atoms with van der Waals surface area (Å²) in [4.78, 5) is 35.8. The van der Waals surface area contributed by atoms with Gasteiger partial charge in [0, 0.05) is 119 Å². The number of nitrogens with zero attached hydrogens (tertiary/aromatic N) is 2. The monoisotopic (exact) mass is 1660 g/mol. The minimum Gasteiger partial charge on any atom is -0.282 e. The molecule has 0 unspecified atom stereocenters. The Morgan fingerprint density at radius 1 is 0.321 bits per heavy atom. The van der Waals surface area contributed by atoms with Crippen LogP contribution in [0.15, 0.2) is 105 Å². The number of amidine groups is 2. The Hall–Kier alpha value is -3.70. The van der Waals surface area contributed by atoms with Crippen LogP contribution in [0.4, 0.5) is 0 Å². The van der Waals surface area contributed by atoms with E-state index in [1.807, 2.05) is 113 Å². The molecule has 11 aromatic rings. The van der Waals surface area contributed by atoms with Crippen molar-refractivity contribution in [2.45, 2.75) is 235 Å². The molecule has 0 radical (unpaired) electrons. The highest BCUT2D eigenvalue weighted by molar-refractivity contribution is 8.41. The van der Waals surface area contributed by atoms with Crippen molar-refractivity contribution in [2.75, 3.05) is 11.5 Å². The first-order valence-electron chi connectivity index (χ1n) is 39.2. The number of thioether (sulfide) groups is 4. The summed E-state index contributed by atoms with van der Waals surface area (Å²) in [5.74, 6) is 2.71. The van der Waals surface area contributed by atoms with Crippen LogP contribution in [0.2, 0.25) is 0 Å². The number of aryl methyl sites for hydroxylation is 6. The van der Waals surface area contributed by atoms with Gasteiger partial charge in [-0.3, -0.25) is 10.8 Å². The maximum absolute atomic E-state index is 8.80.